The van der Waals surface area contributed by atoms with Gasteiger partial charge in [0.1, 0.15) is 10.2 Å². The van der Waals surface area contributed by atoms with Crippen LogP contribution < -0.4 is 0 Å². The van der Waals surface area contributed by atoms with Crippen molar-refractivity contribution in [3.8, 4) is 0 Å². The van der Waals surface area contributed by atoms with E-state index in [4.69, 9.17) is 4.78 Å². The van der Waals surface area contributed by atoms with Gasteiger partial charge < -0.3 is 0 Å². The number of carbonyl (C=O) groups excluding carboxylic acids is 1. The maximum atomic E-state index is 12.1. The summed E-state index contributed by atoms with van der Waals surface area (Å²) in [5.74, 6) is 0.117. The Hall–Kier alpha value is -0.940. The van der Waals surface area contributed by atoms with Crippen molar-refractivity contribution in [2.75, 3.05) is 0 Å². The maximum absolute atomic E-state index is 12.1. The van der Waals surface area contributed by atoms with E-state index in [2.05, 4.69) is 28.1 Å². The molecular formula is C15H17BrN2OS. The van der Waals surface area contributed by atoms with Crippen molar-refractivity contribution < 1.29 is 4.79 Å². The molecule has 0 aliphatic carbocycles. The van der Waals surface area contributed by atoms with E-state index in [0.717, 1.165) is 17.7 Å². The van der Waals surface area contributed by atoms with Gasteiger partial charge in [-0.3, -0.25) is 14.5 Å². The van der Waals surface area contributed by atoms with E-state index in [1.807, 2.05) is 36.9 Å². The van der Waals surface area contributed by atoms with E-state index in [1.54, 1.807) is 0 Å². The first-order valence-corrected chi connectivity index (χ1v) is 8.90. The van der Waals surface area contributed by atoms with E-state index in [9.17, 15) is 4.79 Å². The molecule has 0 aromatic heterocycles. The number of fused-ring (bicyclic) bond motifs is 1. The van der Waals surface area contributed by atoms with Crippen LogP contribution in [0.5, 0.6) is 0 Å². The quantitative estimate of drug-likeness (QED) is 0.644. The lowest BCUT2D eigenvalue weighted by Gasteiger charge is -2.39. The number of rotatable bonds is 2. The van der Waals surface area contributed by atoms with Crippen LogP contribution >= 0.6 is 15.9 Å². The number of halogens is 1. The Kier molecular flexibility index (Phi) is 3.58. The second-order valence-electron chi connectivity index (χ2n) is 5.44. The van der Waals surface area contributed by atoms with Crippen molar-refractivity contribution >= 4 is 32.5 Å². The molecule has 0 saturated carbocycles. The highest BCUT2D eigenvalue weighted by Gasteiger charge is 2.57. The van der Waals surface area contributed by atoms with E-state index in [0.29, 0.717) is 0 Å². The van der Waals surface area contributed by atoms with Crippen LogP contribution in [0.1, 0.15) is 19.4 Å². The number of alkyl halides is 1. The zero-order valence-electron chi connectivity index (χ0n) is 11.5. The Morgan fingerprint density at radius 2 is 2.00 bits per heavy atom. The minimum atomic E-state index is -0.550. The fourth-order valence-corrected chi connectivity index (χ4v) is 6.22. The Bertz CT molecular complexity index is 610. The minimum absolute atomic E-state index is 0.0288. The summed E-state index contributed by atoms with van der Waals surface area (Å²) in [7, 11) is -0.550. The number of hydrogen-bond donors (Lipinski definition) is 1. The first-order chi connectivity index (χ1) is 9.52. The van der Waals surface area contributed by atoms with E-state index in [1.165, 1.54) is 5.56 Å². The number of β-lactam (4-membered cyclic amide) rings is 1. The Morgan fingerprint density at radius 1 is 1.35 bits per heavy atom. The molecule has 2 unspecified atom stereocenters. The lowest BCUT2D eigenvalue weighted by Crippen LogP contribution is -2.58. The summed E-state index contributed by atoms with van der Waals surface area (Å²) < 4.78 is 8.54. The molecule has 2 aliphatic rings. The minimum Gasteiger partial charge on any atom is -0.299 e. The number of nitrogens with one attached hydrogen (secondary N) is 1. The van der Waals surface area contributed by atoms with E-state index >= 15 is 0 Å². The zero-order chi connectivity index (χ0) is 14.4. The molecule has 5 heteroatoms. The molecule has 20 heavy (non-hydrogen) atoms. The molecule has 1 aromatic carbocycles. The Labute approximate surface area is 130 Å². The molecule has 1 aromatic rings. The molecule has 3 rings (SSSR count). The fourth-order valence-electron chi connectivity index (χ4n) is 2.95. The van der Waals surface area contributed by atoms with E-state index in [-0.39, 0.29) is 21.4 Å². The Morgan fingerprint density at radius 3 is 2.60 bits per heavy atom. The molecule has 0 spiro atoms. The molecule has 106 valence electrons. The third kappa shape index (κ3) is 1.99. The summed E-state index contributed by atoms with van der Waals surface area (Å²) >= 11 is 3.44. The summed E-state index contributed by atoms with van der Waals surface area (Å²) in [5.41, 5.74) is 3.48. The number of benzene rings is 1. The van der Waals surface area contributed by atoms with Crippen molar-refractivity contribution in [1.82, 2.24) is 4.90 Å². The summed E-state index contributed by atoms with van der Waals surface area (Å²) in [5, 5.41) is 0.167. The van der Waals surface area contributed by atoms with Crippen LogP contribution in [0.15, 0.2) is 41.6 Å². The summed E-state index contributed by atoms with van der Waals surface area (Å²) in [4.78, 5) is 13.8. The van der Waals surface area contributed by atoms with Crippen LogP contribution in [0.4, 0.5) is 0 Å². The van der Waals surface area contributed by atoms with Crippen molar-refractivity contribution in [2.24, 2.45) is 0 Å². The number of allylic oxidation sites excluding steroid dienone is 1. The molecule has 4 atom stereocenters. The predicted octanol–water partition coefficient (Wildman–Crippen LogP) is 3.22. The highest BCUT2D eigenvalue weighted by Crippen LogP contribution is 2.45. The van der Waals surface area contributed by atoms with Crippen LogP contribution in [0.25, 0.3) is 0 Å². The van der Waals surface area contributed by atoms with Crippen LogP contribution in [0, 0.1) is 4.78 Å². The van der Waals surface area contributed by atoms with Gasteiger partial charge in [0.25, 0.3) is 0 Å². The van der Waals surface area contributed by atoms with Crippen molar-refractivity contribution in [3.63, 3.8) is 0 Å². The second kappa shape index (κ2) is 5.11. The van der Waals surface area contributed by atoms with Gasteiger partial charge in [0, 0.05) is 5.70 Å². The monoisotopic (exact) mass is 352 g/mol. The van der Waals surface area contributed by atoms with Gasteiger partial charge in [0.2, 0.25) is 5.91 Å². The summed E-state index contributed by atoms with van der Waals surface area (Å²) in [6.07, 6.45) is 0.841. The molecule has 3 nitrogen and oxygen atoms in total. The van der Waals surface area contributed by atoms with Crippen LogP contribution in [-0.4, -0.2) is 26.3 Å². The number of nitrogens with zero attached hydrogens (tertiary/aromatic N) is 1. The van der Waals surface area contributed by atoms with Crippen LogP contribution in [-0.2, 0) is 21.9 Å². The third-order valence-corrected chi connectivity index (χ3v) is 7.13. The first kappa shape index (κ1) is 14.0. The molecule has 2 saturated heterocycles. The fraction of sp³-hybridized carbons (Fsp3) is 0.400. The van der Waals surface area contributed by atoms with E-state index < -0.39 is 10.7 Å². The average Bonchev–Trinajstić information content (AvgIpc) is 2.70. The largest absolute Gasteiger partial charge is 0.299 e. The summed E-state index contributed by atoms with van der Waals surface area (Å²) in [6.45, 7) is 4.09. The zero-order valence-corrected chi connectivity index (χ0v) is 13.9. The lowest BCUT2D eigenvalue weighted by molar-refractivity contribution is -0.136. The molecule has 2 aliphatic heterocycles. The van der Waals surface area contributed by atoms with Gasteiger partial charge in [-0.05, 0) is 25.8 Å². The van der Waals surface area contributed by atoms with Gasteiger partial charge in [-0.1, -0.05) is 62.5 Å². The van der Waals surface area contributed by atoms with Crippen molar-refractivity contribution in [2.45, 2.75) is 35.7 Å². The van der Waals surface area contributed by atoms with Gasteiger partial charge in [-0.25, -0.2) is 0 Å². The molecule has 0 radical (unpaired) electrons. The van der Waals surface area contributed by atoms with Crippen LogP contribution in [0.2, 0.25) is 0 Å². The second-order valence-corrected chi connectivity index (χ2v) is 8.22. The molecule has 1 amide bonds. The molecule has 2 fully saturated rings. The van der Waals surface area contributed by atoms with Gasteiger partial charge in [0.05, 0.1) is 5.25 Å². The average molecular weight is 353 g/mol. The predicted molar refractivity (Wildman–Crippen MR) is 85.7 cm³/mol. The van der Waals surface area contributed by atoms with Crippen molar-refractivity contribution in [3.05, 3.63) is 47.2 Å². The summed E-state index contributed by atoms with van der Waals surface area (Å²) in [6, 6.07) is 10.3. The highest BCUT2D eigenvalue weighted by atomic mass is 79.9. The maximum Gasteiger partial charge on any atom is 0.244 e. The third-order valence-electron chi connectivity index (χ3n) is 3.89. The molecule has 1 N–H and O–H groups in total. The number of carbonyl (C=O) groups is 1. The smallest absolute Gasteiger partial charge is 0.244 e. The van der Waals surface area contributed by atoms with Gasteiger partial charge >= 0.3 is 0 Å². The van der Waals surface area contributed by atoms with Gasteiger partial charge in [0.15, 0.2) is 0 Å². The number of amides is 1. The Balaban J connectivity index is 1.96. The highest BCUT2D eigenvalue weighted by molar-refractivity contribution is 9.10. The molecule has 2 heterocycles. The van der Waals surface area contributed by atoms with Crippen molar-refractivity contribution in [1.29, 1.82) is 4.78 Å². The van der Waals surface area contributed by atoms with Gasteiger partial charge in [-0.15, -0.1) is 0 Å². The standard InChI is InChI=1S/C15H17BrN2OS/c1-9(2)13-11(8-10-6-4-3-5-7-10)20(17)15-12(16)14(19)18(13)15/h3-7,11-12,15,17H,8H2,1-2H3/t11?,12-,15+,20?/m0/s1. The van der Waals surface area contributed by atoms with Crippen LogP contribution in [0.3, 0.4) is 0 Å². The molecule has 0 bridgehead atoms. The SMILES string of the molecule is CC(C)=C1C(Cc2ccccc2)S(=N)[C@@H]2[C@@H](Br)C(=O)N12. The number of hydrogen-bond acceptors (Lipinski definition) is 2. The normalized spacial score (nSPS) is 32.0. The molecular weight excluding hydrogens is 336 g/mol. The lowest BCUT2D eigenvalue weighted by atomic mass is 10.0. The topological polar surface area (TPSA) is 44.2 Å². The first-order valence-electron chi connectivity index (χ1n) is 6.64. The van der Waals surface area contributed by atoms with Gasteiger partial charge in [-0.2, -0.15) is 0 Å².